The van der Waals surface area contributed by atoms with Crippen molar-refractivity contribution < 1.29 is 23.0 Å². The van der Waals surface area contributed by atoms with Crippen molar-refractivity contribution in [1.29, 1.82) is 0 Å². The van der Waals surface area contributed by atoms with Crippen molar-refractivity contribution in [2.75, 3.05) is 76.9 Å². The van der Waals surface area contributed by atoms with E-state index in [0.29, 0.717) is 66.3 Å². The average Bonchev–Trinajstić information content (AvgIpc) is 3.73. The fraction of sp³-hybridized carbons (Fsp3) is 0.581. The van der Waals surface area contributed by atoms with Gasteiger partial charge in [0.1, 0.15) is 12.0 Å². The molecule has 11 nitrogen and oxygen atoms in total. The van der Waals surface area contributed by atoms with E-state index in [9.17, 15) is 8.78 Å². The van der Waals surface area contributed by atoms with Gasteiger partial charge in [-0.15, -0.1) is 0 Å². The molecule has 0 aliphatic carbocycles. The van der Waals surface area contributed by atoms with Gasteiger partial charge in [-0.25, -0.2) is 13.8 Å². The number of fused-ring (bicyclic) bond motifs is 5. The van der Waals surface area contributed by atoms with Gasteiger partial charge in [-0.1, -0.05) is 11.3 Å². The highest BCUT2D eigenvalue weighted by molar-refractivity contribution is 7.97. The van der Waals surface area contributed by atoms with E-state index in [1.165, 1.54) is 18.9 Å². The number of methoxy groups -OCH3 is 1. The lowest BCUT2D eigenvalue weighted by molar-refractivity contribution is -0.0342. The van der Waals surface area contributed by atoms with Crippen molar-refractivity contribution in [2.45, 2.75) is 48.5 Å². The van der Waals surface area contributed by atoms with Gasteiger partial charge in [-0.3, -0.25) is 4.90 Å². The number of hydrogen-bond donors (Lipinski definition) is 2. The summed E-state index contributed by atoms with van der Waals surface area (Å²) in [6, 6.07) is 4.52. The van der Waals surface area contributed by atoms with E-state index in [2.05, 4.69) is 24.4 Å². The Kier molecular flexibility index (Phi) is 8.39. The number of anilines is 2. The summed E-state index contributed by atoms with van der Waals surface area (Å²) in [7, 11) is 1.58. The van der Waals surface area contributed by atoms with Gasteiger partial charge in [0.15, 0.2) is 10.9 Å². The van der Waals surface area contributed by atoms with E-state index in [-0.39, 0.29) is 17.9 Å². The van der Waals surface area contributed by atoms with Crippen molar-refractivity contribution in [1.82, 2.24) is 29.5 Å². The molecule has 1 aromatic carbocycles. The van der Waals surface area contributed by atoms with Gasteiger partial charge in [-0.05, 0) is 56.0 Å². The average molecular weight is 673 g/mol. The molecule has 246 valence electrons. The highest BCUT2D eigenvalue weighted by Gasteiger charge is 2.40. The molecule has 9 rings (SSSR count). The van der Waals surface area contributed by atoms with Gasteiger partial charge in [0.05, 0.1) is 72.1 Å². The van der Waals surface area contributed by atoms with E-state index in [1.807, 2.05) is 6.08 Å². The number of alkyl halides is 1. The highest BCUT2D eigenvalue weighted by atomic mass is 32.2. The Morgan fingerprint density at radius 1 is 1.09 bits per heavy atom. The molecule has 4 unspecified atom stereocenters. The summed E-state index contributed by atoms with van der Waals surface area (Å²) in [5.41, 5.74) is 9.03. The number of benzene rings is 1. The van der Waals surface area contributed by atoms with Crippen LogP contribution in [0, 0.1) is 11.7 Å². The van der Waals surface area contributed by atoms with E-state index in [1.54, 1.807) is 25.1 Å². The van der Waals surface area contributed by atoms with Crippen LogP contribution in [0.4, 0.5) is 19.7 Å². The topological polar surface area (TPSA) is 114 Å². The third-order valence-electron chi connectivity index (χ3n) is 9.57. The molecule has 5 fully saturated rings. The third-order valence-corrected chi connectivity index (χ3v) is 11.6. The number of nitrogen functional groups attached to an aromatic ring is 1. The largest absolute Gasteiger partial charge is 0.467 e. The van der Waals surface area contributed by atoms with Gasteiger partial charge in [0.25, 0.3) is 0 Å². The number of ether oxygens (including phenoxy) is 3. The quantitative estimate of drug-likeness (QED) is 0.386. The number of aromatic nitrogens is 3. The normalized spacial score (nSPS) is 27.5. The van der Waals surface area contributed by atoms with Crippen LogP contribution >= 0.6 is 23.3 Å². The van der Waals surface area contributed by atoms with E-state index >= 15 is 0 Å². The summed E-state index contributed by atoms with van der Waals surface area (Å²) in [5.74, 6) is 0.928. The molecule has 5 saturated heterocycles. The number of thiazole rings is 1. The van der Waals surface area contributed by atoms with Crippen LogP contribution in [-0.4, -0.2) is 115 Å². The number of halogens is 2. The second-order valence-electron chi connectivity index (χ2n) is 12.7. The summed E-state index contributed by atoms with van der Waals surface area (Å²) in [5, 5.41) is 3.85. The molecule has 8 heterocycles. The SMILES string of the molecule is COc1nc2c(c(N3C4CNCC3COC4)n1)SN(CC1COC1)C(c1ccc(F)c3sc(N)nc13)=C2.FC1CC2CCCN2C1. The fourth-order valence-corrected chi connectivity index (χ4v) is 9.27. The summed E-state index contributed by atoms with van der Waals surface area (Å²) in [6.45, 7) is 6.97. The molecule has 3 N–H and O–H groups in total. The highest BCUT2D eigenvalue weighted by Crippen LogP contribution is 2.47. The van der Waals surface area contributed by atoms with Crippen LogP contribution in [0.25, 0.3) is 22.0 Å². The van der Waals surface area contributed by atoms with Gasteiger partial charge in [0, 0.05) is 43.7 Å². The van der Waals surface area contributed by atoms with Crippen molar-refractivity contribution in [2.24, 2.45) is 5.92 Å². The van der Waals surface area contributed by atoms with Gasteiger partial charge in [0.2, 0.25) is 0 Å². The molecule has 15 heteroatoms. The zero-order valence-electron chi connectivity index (χ0n) is 25.7. The molecular formula is C31H38F2N8O3S2. The number of hydrogen-bond acceptors (Lipinski definition) is 13. The lowest BCUT2D eigenvalue weighted by Gasteiger charge is -2.47. The molecule has 0 radical (unpaired) electrons. The van der Waals surface area contributed by atoms with Gasteiger partial charge < -0.3 is 34.5 Å². The molecule has 2 bridgehead atoms. The minimum absolute atomic E-state index is 0.172. The molecule has 0 spiro atoms. The van der Waals surface area contributed by atoms with Crippen molar-refractivity contribution >= 4 is 56.2 Å². The van der Waals surface area contributed by atoms with Crippen LogP contribution in [0.5, 0.6) is 6.01 Å². The number of morpholine rings is 1. The molecule has 2 aromatic heterocycles. The Morgan fingerprint density at radius 3 is 2.63 bits per heavy atom. The minimum atomic E-state index is -0.518. The third kappa shape index (κ3) is 5.68. The lowest BCUT2D eigenvalue weighted by Crippen LogP contribution is -2.64. The van der Waals surface area contributed by atoms with Crippen molar-refractivity contribution in [3.8, 4) is 6.01 Å². The van der Waals surface area contributed by atoms with Gasteiger partial charge in [-0.2, -0.15) is 9.97 Å². The number of rotatable bonds is 5. The van der Waals surface area contributed by atoms with Crippen LogP contribution in [0.15, 0.2) is 17.0 Å². The first-order valence-corrected chi connectivity index (χ1v) is 17.5. The molecule has 0 saturated carbocycles. The maximum Gasteiger partial charge on any atom is 0.318 e. The molecule has 3 aromatic rings. The van der Waals surface area contributed by atoms with Crippen LogP contribution in [0.2, 0.25) is 0 Å². The van der Waals surface area contributed by atoms with E-state index < -0.39 is 6.17 Å². The molecular weight excluding hydrogens is 635 g/mol. The number of nitrogens with two attached hydrogens (primary N) is 1. The second kappa shape index (κ2) is 12.7. The van der Waals surface area contributed by atoms with Crippen LogP contribution in [0.3, 0.4) is 0 Å². The smallest absolute Gasteiger partial charge is 0.318 e. The van der Waals surface area contributed by atoms with E-state index in [4.69, 9.17) is 29.9 Å². The predicted octanol–water partition coefficient (Wildman–Crippen LogP) is 3.65. The van der Waals surface area contributed by atoms with E-state index in [0.717, 1.165) is 71.6 Å². The summed E-state index contributed by atoms with van der Waals surface area (Å²) in [4.78, 5) is 19.7. The number of nitrogens with zero attached hydrogens (tertiary/aromatic N) is 6. The summed E-state index contributed by atoms with van der Waals surface area (Å²) < 4.78 is 46.8. The van der Waals surface area contributed by atoms with Crippen LogP contribution in [-0.2, 0) is 9.47 Å². The monoisotopic (exact) mass is 672 g/mol. The van der Waals surface area contributed by atoms with Gasteiger partial charge >= 0.3 is 6.01 Å². The van der Waals surface area contributed by atoms with Crippen molar-refractivity contribution in [3.05, 3.63) is 29.2 Å². The zero-order chi connectivity index (χ0) is 31.4. The minimum Gasteiger partial charge on any atom is -0.467 e. The van der Waals surface area contributed by atoms with Crippen LogP contribution < -0.4 is 20.7 Å². The standard InChI is InChI=1S/C24H26FN7O3S2.C7H12FN/c1-33-24-28-17-4-18(15-2-3-16(25)20-19(15)29-23(26)36-20)31(7-12-8-34-9-12)37-21(17)22(30-24)32-13-5-27-6-14(32)11-35-10-13;8-6-4-7-2-1-3-9(7)5-6/h2-4,12-14,27H,5-11H2,1H3,(H2,26,29);6-7H,1-5H2. The Balaban J connectivity index is 0.000000297. The molecule has 46 heavy (non-hydrogen) atoms. The number of piperazine rings is 1. The number of nitrogens with one attached hydrogen (secondary N) is 1. The molecule has 0 amide bonds. The fourth-order valence-electron chi connectivity index (χ4n) is 7.32. The Hall–Kier alpha value is -2.82. The second-order valence-corrected chi connectivity index (χ2v) is 14.8. The molecule has 6 aliphatic rings. The predicted molar refractivity (Wildman–Crippen MR) is 175 cm³/mol. The first kappa shape index (κ1) is 30.5. The summed E-state index contributed by atoms with van der Waals surface area (Å²) in [6.07, 6.45) is 4.85. The maximum absolute atomic E-state index is 14.6. The van der Waals surface area contributed by atoms with Crippen molar-refractivity contribution in [3.63, 3.8) is 0 Å². The Bertz CT molecular complexity index is 1610. The Labute approximate surface area is 274 Å². The summed E-state index contributed by atoms with van der Waals surface area (Å²) >= 11 is 2.77. The zero-order valence-corrected chi connectivity index (χ0v) is 27.3. The first-order valence-electron chi connectivity index (χ1n) is 16.0. The first-order chi connectivity index (χ1) is 22.4. The Morgan fingerprint density at radius 2 is 1.89 bits per heavy atom. The molecule has 4 atom stereocenters. The lowest BCUT2D eigenvalue weighted by atomic mass is 10.0. The van der Waals surface area contributed by atoms with Crippen LogP contribution in [0.1, 0.15) is 30.5 Å². The molecule has 6 aliphatic heterocycles. The maximum atomic E-state index is 14.6.